The number of ether oxygens (including phenoxy) is 2. The molecule has 5 aliphatic carbocycles. The quantitative estimate of drug-likeness (QED) is 0.286. The van der Waals surface area contributed by atoms with Crippen LogP contribution in [0.1, 0.15) is 99.3 Å². The van der Waals surface area contributed by atoms with Gasteiger partial charge in [0.15, 0.2) is 0 Å². The number of carbonyl (C=O) groups is 1. The fourth-order valence-corrected chi connectivity index (χ4v) is 10.9. The topological polar surface area (TPSA) is 35.5 Å². The maximum absolute atomic E-state index is 13.1. The van der Waals surface area contributed by atoms with E-state index in [9.17, 15) is 4.79 Å². The van der Waals surface area contributed by atoms with Gasteiger partial charge in [-0.05, 0) is 125 Å². The van der Waals surface area contributed by atoms with E-state index in [1.165, 1.54) is 56.9 Å². The zero-order valence-corrected chi connectivity index (χ0v) is 23.0. The molecule has 5 aliphatic rings. The largest absolute Gasteiger partial charge is 0.466 e. The average molecular weight is 471 g/mol. The summed E-state index contributed by atoms with van der Waals surface area (Å²) in [6.45, 7) is 14.3. The number of esters is 1. The highest BCUT2D eigenvalue weighted by Crippen LogP contribution is 2.82. The van der Waals surface area contributed by atoms with Crippen LogP contribution in [0.4, 0.5) is 0 Å². The van der Waals surface area contributed by atoms with Gasteiger partial charge in [-0.15, -0.1) is 0 Å². The molecule has 1 spiro atoms. The minimum Gasteiger partial charge on any atom is -0.466 e. The van der Waals surface area contributed by atoms with Crippen molar-refractivity contribution in [2.45, 2.75) is 105 Å². The van der Waals surface area contributed by atoms with Crippen LogP contribution < -0.4 is 0 Å². The molecular formula is C31H50O3. The number of methoxy groups -OCH3 is 1. The number of allylic oxidation sites excluding steroid dienone is 2. The van der Waals surface area contributed by atoms with Gasteiger partial charge in [-0.2, -0.15) is 0 Å². The second-order valence-electron chi connectivity index (χ2n) is 13.7. The van der Waals surface area contributed by atoms with E-state index in [-0.39, 0.29) is 11.9 Å². The third-order valence-corrected chi connectivity index (χ3v) is 12.5. The van der Waals surface area contributed by atoms with E-state index in [0.29, 0.717) is 40.8 Å². The minimum absolute atomic E-state index is 0.0190. The van der Waals surface area contributed by atoms with Gasteiger partial charge in [0, 0.05) is 12.5 Å². The van der Waals surface area contributed by atoms with Crippen LogP contribution in [0.15, 0.2) is 11.6 Å². The van der Waals surface area contributed by atoms with Crippen molar-refractivity contribution in [2.75, 3.05) is 13.7 Å². The monoisotopic (exact) mass is 470 g/mol. The Bertz CT molecular complexity index is 829. The summed E-state index contributed by atoms with van der Waals surface area (Å²) in [5.74, 6) is 4.38. The fourth-order valence-electron chi connectivity index (χ4n) is 10.9. The normalized spacial score (nSPS) is 48.1. The summed E-state index contributed by atoms with van der Waals surface area (Å²) >= 11 is 0. The van der Waals surface area contributed by atoms with E-state index in [1.54, 1.807) is 0 Å². The molecule has 192 valence electrons. The molecule has 0 aromatic heterocycles. The molecular weight excluding hydrogens is 420 g/mol. The van der Waals surface area contributed by atoms with Crippen molar-refractivity contribution >= 4 is 5.97 Å². The molecule has 0 saturated heterocycles. The van der Waals surface area contributed by atoms with Crippen LogP contribution in [-0.2, 0) is 14.3 Å². The summed E-state index contributed by atoms with van der Waals surface area (Å²) in [7, 11) is 1.99. The SMILES string of the molecule is CCOC(=O)[C@H](CC=C(C)C)[C@@H](C)[C@H]1CC[C@H]2[C@@H]3C[C@@H](OC)[C@]45C[C@@H]4CC[C@]5(C)[C@H]3CC[C@]12C. The first-order valence-corrected chi connectivity index (χ1v) is 14.5. The summed E-state index contributed by atoms with van der Waals surface area (Å²) in [5.41, 5.74) is 2.63. The summed E-state index contributed by atoms with van der Waals surface area (Å²) in [6, 6.07) is 0. The van der Waals surface area contributed by atoms with Gasteiger partial charge in [-0.1, -0.05) is 32.4 Å². The molecule has 0 amide bonds. The van der Waals surface area contributed by atoms with E-state index >= 15 is 0 Å². The molecule has 5 fully saturated rings. The first-order valence-electron chi connectivity index (χ1n) is 14.5. The van der Waals surface area contributed by atoms with Gasteiger partial charge in [0.05, 0.1) is 18.6 Å². The first kappa shape index (κ1) is 24.8. The number of hydrogen-bond acceptors (Lipinski definition) is 3. The highest BCUT2D eigenvalue weighted by Gasteiger charge is 2.77. The average Bonchev–Trinajstić information content (AvgIpc) is 3.30. The molecule has 5 rings (SSSR count). The van der Waals surface area contributed by atoms with Gasteiger partial charge in [-0.25, -0.2) is 0 Å². The van der Waals surface area contributed by atoms with Crippen LogP contribution in [0.25, 0.3) is 0 Å². The molecule has 0 aliphatic heterocycles. The lowest BCUT2D eigenvalue weighted by Gasteiger charge is -2.61. The predicted molar refractivity (Wildman–Crippen MR) is 137 cm³/mol. The van der Waals surface area contributed by atoms with E-state index in [2.05, 4.69) is 40.7 Å². The Labute approximate surface area is 208 Å². The Hall–Kier alpha value is -0.830. The van der Waals surface area contributed by atoms with Crippen molar-refractivity contribution in [3.05, 3.63) is 11.6 Å². The molecule has 11 atom stereocenters. The molecule has 0 bridgehead atoms. The minimum atomic E-state index is -0.0194. The van der Waals surface area contributed by atoms with Gasteiger partial charge in [0.2, 0.25) is 0 Å². The molecule has 0 heterocycles. The predicted octanol–water partition coefficient (Wildman–Crippen LogP) is 7.44. The molecule has 3 heteroatoms. The third kappa shape index (κ3) is 3.34. The van der Waals surface area contributed by atoms with Crippen LogP contribution in [0.3, 0.4) is 0 Å². The van der Waals surface area contributed by atoms with Gasteiger partial charge in [0.1, 0.15) is 0 Å². The van der Waals surface area contributed by atoms with Crippen molar-refractivity contribution in [3.63, 3.8) is 0 Å². The molecule has 0 N–H and O–H groups in total. The lowest BCUT2D eigenvalue weighted by Crippen LogP contribution is -2.57. The zero-order chi connectivity index (χ0) is 24.5. The number of carbonyl (C=O) groups excluding carboxylic acids is 1. The van der Waals surface area contributed by atoms with E-state index < -0.39 is 0 Å². The van der Waals surface area contributed by atoms with Crippen molar-refractivity contribution < 1.29 is 14.3 Å². The Morgan fingerprint density at radius 1 is 1.09 bits per heavy atom. The number of hydrogen-bond donors (Lipinski definition) is 0. The highest BCUT2D eigenvalue weighted by molar-refractivity contribution is 5.73. The molecule has 5 saturated carbocycles. The van der Waals surface area contributed by atoms with Crippen molar-refractivity contribution in [3.8, 4) is 0 Å². The summed E-state index contributed by atoms with van der Waals surface area (Å²) in [5, 5.41) is 0. The van der Waals surface area contributed by atoms with Crippen LogP contribution in [-0.4, -0.2) is 25.8 Å². The Morgan fingerprint density at radius 3 is 2.50 bits per heavy atom. The van der Waals surface area contributed by atoms with Gasteiger partial charge < -0.3 is 9.47 Å². The van der Waals surface area contributed by atoms with Gasteiger partial charge in [0.25, 0.3) is 0 Å². The van der Waals surface area contributed by atoms with Crippen LogP contribution in [0.2, 0.25) is 0 Å². The van der Waals surface area contributed by atoms with Crippen molar-refractivity contribution in [1.29, 1.82) is 0 Å². The van der Waals surface area contributed by atoms with Crippen molar-refractivity contribution in [2.24, 2.45) is 57.7 Å². The number of fused-ring (bicyclic) bond motifs is 4. The van der Waals surface area contributed by atoms with Crippen molar-refractivity contribution in [1.82, 2.24) is 0 Å². The van der Waals surface area contributed by atoms with Gasteiger partial charge in [-0.3, -0.25) is 4.79 Å². The molecule has 0 aromatic rings. The van der Waals surface area contributed by atoms with Crippen LogP contribution >= 0.6 is 0 Å². The summed E-state index contributed by atoms with van der Waals surface area (Å²) in [4.78, 5) is 13.1. The van der Waals surface area contributed by atoms with E-state index in [1.807, 2.05) is 14.0 Å². The maximum atomic E-state index is 13.1. The first-order chi connectivity index (χ1) is 16.1. The lowest BCUT2D eigenvalue weighted by atomic mass is 9.45. The Balaban J connectivity index is 1.40. The molecule has 0 unspecified atom stereocenters. The van der Waals surface area contributed by atoms with E-state index in [4.69, 9.17) is 9.47 Å². The van der Waals surface area contributed by atoms with Crippen LogP contribution in [0, 0.1) is 57.7 Å². The maximum Gasteiger partial charge on any atom is 0.309 e. The summed E-state index contributed by atoms with van der Waals surface area (Å²) in [6.07, 6.45) is 14.5. The molecule has 0 aromatic carbocycles. The molecule has 34 heavy (non-hydrogen) atoms. The third-order valence-electron chi connectivity index (χ3n) is 12.5. The second-order valence-corrected chi connectivity index (χ2v) is 13.7. The standard InChI is InChI=1S/C31H50O3/c1-8-34-28(32)22(10-9-19(2)3)20(4)24-11-12-25-23-17-27(33-7)31-18-21(31)13-16-30(31,6)26(23)14-15-29(24,25)5/h9,20-27H,8,10-18H2,1-7H3/t20-,21+,22-,23+,24-,25+,26+,27-,29-,30-,31+/m1/s1. The smallest absolute Gasteiger partial charge is 0.309 e. The molecule has 3 nitrogen and oxygen atoms in total. The highest BCUT2D eigenvalue weighted by atomic mass is 16.5. The Morgan fingerprint density at radius 2 is 1.85 bits per heavy atom. The van der Waals surface area contributed by atoms with E-state index in [0.717, 1.165) is 30.1 Å². The van der Waals surface area contributed by atoms with Crippen LogP contribution in [0.5, 0.6) is 0 Å². The lowest BCUT2D eigenvalue weighted by molar-refractivity contribution is -0.164. The Kier molecular flexibility index (Phi) is 6.31. The molecule has 0 radical (unpaired) electrons. The zero-order valence-electron chi connectivity index (χ0n) is 23.0. The fraction of sp³-hybridized carbons (Fsp3) is 0.903. The van der Waals surface area contributed by atoms with Gasteiger partial charge >= 0.3 is 5.97 Å². The number of rotatable bonds is 7. The second kappa shape index (κ2) is 8.63. The summed E-state index contributed by atoms with van der Waals surface area (Å²) < 4.78 is 11.9.